The van der Waals surface area contributed by atoms with Crippen molar-refractivity contribution < 1.29 is 4.79 Å². The molecule has 4 heteroatoms. The van der Waals surface area contributed by atoms with Gasteiger partial charge in [0.05, 0.1) is 17.4 Å². The quantitative estimate of drug-likeness (QED) is 0.842. The Bertz CT molecular complexity index is 464. The van der Waals surface area contributed by atoms with Crippen molar-refractivity contribution >= 4 is 22.9 Å². The standard InChI is InChI=1S/C11H10N2OS/c1-8-10(4-6-15-8)11(14)13-9-3-2-5-12-7-9/h2-7H,1H3,(H,13,14). The number of aromatic nitrogens is 1. The summed E-state index contributed by atoms with van der Waals surface area (Å²) in [5.74, 6) is -0.0817. The fourth-order valence-electron chi connectivity index (χ4n) is 1.26. The van der Waals surface area contributed by atoms with Crippen LogP contribution >= 0.6 is 11.3 Å². The van der Waals surface area contributed by atoms with Crippen molar-refractivity contribution in [2.45, 2.75) is 6.92 Å². The van der Waals surface area contributed by atoms with Crippen LogP contribution in [0.2, 0.25) is 0 Å². The summed E-state index contributed by atoms with van der Waals surface area (Å²) in [6.45, 7) is 1.93. The lowest BCUT2D eigenvalue weighted by molar-refractivity contribution is 0.102. The van der Waals surface area contributed by atoms with Gasteiger partial charge < -0.3 is 5.32 Å². The second-order valence-electron chi connectivity index (χ2n) is 3.09. The van der Waals surface area contributed by atoms with Gasteiger partial charge in [-0.25, -0.2) is 0 Å². The highest BCUT2D eigenvalue weighted by Gasteiger charge is 2.09. The second kappa shape index (κ2) is 4.23. The molecule has 1 amide bonds. The minimum absolute atomic E-state index is 0.0817. The largest absolute Gasteiger partial charge is 0.321 e. The van der Waals surface area contributed by atoms with Crippen molar-refractivity contribution in [3.05, 3.63) is 46.4 Å². The molecule has 0 unspecified atom stereocenters. The summed E-state index contributed by atoms with van der Waals surface area (Å²) < 4.78 is 0. The number of amides is 1. The molecule has 0 aliphatic heterocycles. The summed E-state index contributed by atoms with van der Waals surface area (Å²) in [5, 5.41) is 4.70. The van der Waals surface area contributed by atoms with Crippen LogP contribution in [-0.4, -0.2) is 10.9 Å². The monoisotopic (exact) mass is 218 g/mol. The first kappa shape index (κ1) is 9.86. The van der Waals surface area contributed by atoms with Gasteiger partial charge in [-0.15, -0.1) is 11.3 Å². The van der Waals surface area contributed by atoms with E-state index in [9.17, 15) is 4.79 Å². The van der Waals surface area contributed by atoms with Gasteiger partial charge in [-0.05, 0) is 30.5 Å². The molecule has 3 nitrogen and oxygen atoms in total. The minimum atomic E-state index is -0.0817. The van der Waals surface area contributed by atoms with Gasteiger partial charge in [0.1, 0.15) is 0 Å². The first-order valence-electron chi connectivity index (χ1n) is 4.53. The van der Waals surface area contributed by atoms with Crippen LogP contribution in [0.1, 0.15) is 15.2 Å². The minimum Gasteiger partial charge on any atom is -0.321 e. The summed E-state index contributed by atoms with van der Waals surface area (Å²) in [4.78, 5) is 16.7. The van der Waals surface area contributed by atoms with E-state index in [4.69, 9.17) is 0 Å². The summed E-state index contributed by atoms with van der Waals surface area (Å²) in [7, 11) is 0. The van der Waals surface area contributed by atoms with Crippen molar-refractivity contribution in [1.29, 1.82) is 0 Å². The van der Waals surface area contributed by atoms with Crippen molar-refractivity contribution in [3.63, 3.8) is 0 Å². The first-order valence-corrected chi connectivity index (χ1v) is 5.41. The van der Waals surface area contributed by atoms with Crippen LogP contribution in [0.25, 0.3) is 0 Å². The topological polar surface area (TPSA) is 42.0 Å². The average Bonchev–Trinajstić information content (AvgIpc) is 2.66. The highest BCUT2D eigenvalue weighted by molar-refractivity contribution is 7.10. The predicted molar refractivity (Wildman–Crippen MR) is 61.2 cm³/mol. The number of anilines is 1. The molecule has 0 saturated carbocycles. The van der Waals surface area contributed by atoms with Crippen LogP contribution in [-0.2, 0) is 0 Å². The molecule has 0 bridgehead atoms. The van der Waals surface area contributed by atoms with E-state index >= 15 is 0 Å². The summed E-state index contributed by atoms with van der Waals surface area (Å²) in [6, 6.07) is 5.42. The zero-order valence-electron chi connectivity index (χ0n) is 8.23. The van der Waals surface area contributed by atoms with E-state index in [1.165, 1.54) is 0 Å². The molecule has 2 aromatic rings. The number of pyridine rings is 1. The van der Waals surface area contributed by atoms with Gasteiger partial charge in [0.15, 0.2) is 0 Å². The predicted octanol–water partition coefficient (Wildman–Crippen LogP) is 2.70. The van der Waals surface area contributed by atoms with Crippen LogP contribution in [0.4, 0.5) is 5.69 Å². The number of aryl methyl sites for hydroxylation is 1. The number of carbonyl (C=O) groups is 1. The molecule has 0 atom stereocenters. The number of hydrogen-bond acceptors (Lipinski definition) is 3. The third kappa shape index (κ3) is 2.22. The van der Waals surface area contributed by atoms with E-state index < -0.39 is 0 Å². The lowest BCUT2D eigenvalue weighted by Gasteiger charge is -2.03. The average molecular weight is 218 g/mol. The molecule has 0 fully saturated rings. The molecule has 2 heterocycles. The smallest absolute Gasteiger partial charge is 0.256 e. The highest BCUT2D eigenvalue weighted by Crippen LogP contribution is 2.16. The van der Waals surface area contributed by atoms with Crippen LogP contribution in [0.15, 0.2) is 36.0 Å². The molecule has 76 valence electrons. The van der Waals surface area contributed by atoms with E-state index in [1.54, 1.807) is 29.8 Å². The fourth-order valence-corrected chi connectivity index (χ4v) is 1.95. The number of thiophene rings is 1. The van der Waals surface area contributed by atoms with Gasteiger partial charge in [0.25, 0.3) is 5.91 Å². The maximum atomic E-state index is 11.8. The molecule has 2 aromatic heterocycles. The summed E-state index contributed by atoms with van der Waals surface area (Å²) in [5.41, 5.74) is 1.44. The number of nitrogens with zero attached hydrogens (tertiary/aromatic N) is 1. The van der Waals surface area contributed by atoms with E-state index in [2.05, 4.69) is 10.3 Å². The van der Waals surface area contributed by atoms with Crippen LogP contribution in [0.3, 0.4) is 0 Å². The molecule has 2 rings (SSSR count). The Morgan fingerprint density at radius 1 is 1.47 bits per heavy atom. The second-order valence-corrected chi connectivity index (χ2v) is 4.21. The van der Waals surface area contributed by atoms with Crippen LogP contribution < -0.4 is 5.32 Å². The SMILES string of the molecule is Cc1sccc1C(=O)Nc1cccnc1. The Morgan fingerprint density at radius 3 is 2.93 bits per heavy atom. The van der Waals surface area contributed by atoms with Gasteiger partial charge in [-0.3, -0.25) is 9.78 Å². The third-order valence-corrected chi connectivity index (χ3v) is 2.87. The van der Waals surface area contributed by atoms with Gasteiger partial charge >= 0.3 is 0 Å². The van der Waals surface area contributed by atoms with Crippen LogP contribution in [0.5, 0.6) is 0 Å². The van der Waals surface area contributed by atoms with Crippen LogP contribution in [0, 0.1) is 6.92 Å². The third-order valence-electron chi connectivity index (χ3n) is 2.02. The van der Waals surface area contributed by atoms with E-state index in [-0.39, 0.29) is 5.91 Å². The zero-order chi connectivity index (χ0) is 10.7. The van der Waals surface area contributed by atoms with E-state index in [1.807, 2.05) is 24.4 Å². The Labute approximate surface area is 91.8 Å². The van der Waals surface area contributed by atoms with Gasteiger partial charge in [-0.2, -0.15) is 0 Å². The number of rotatable bonds is 2. The summed E-state index contributed by atoms with van der Waals surface area (Å²) >= 11 is 1.57. The molecular weight excluding hydrogens is 208 g/mol. The van der Waals surface area contributed by atoms with Crippen molar-refractivity contribution in [2.75, 3.05) is 5.32 Å². The normalized spacial score (nSPS) is 9.93. The molecule has 15 heavy (non-hydrogen) atoms. The maximum Gasteiger partial charge on any atom is 0.256 e. The maximum absolute atomic E-state index is 11.8. The Hall–Kier alpha value is -1.68. The Morgan fingerprint density at radius 2 is 2.33 bits per heavy atom. The summed E-state index contributed by atoms with van der Waals surface area (Å²) in [6.07, 6.45) is 3.30. The van der Waals surface area contributed by atoms with Gasteiger partial charge in [0.2, 0.25) is 0 Å². The molecule has 1 N–H and O–H groups in total. The lowest BCUT2D eigenvalue weighted by atomic mass is 10.2. The molecule has 0 spiro atoms. The fraction of sp³-hybridized carbons (Fsp3) is 0.0909. The molecular formula is C11H10N2OS. The first-order chi connectivity index (χ1) is 7.27. The lowest BCUT2D eigenvalue weighted by Crippen LogP contribution is -2.11. The van der Waals surface area contributed by atoms with E-state index in [0.29, 0.717) is 5.69 Å². The molecule has 0 aliphatic carbocycles. The van der Waals surface area contributed by atoms with Crippen molar-refractivity contribution in [1.82, 2.24) is 4.98 Å². The molecule has 0 radical (unpaired) electrons. The van der Waals surface area contributed by atoms with E-state index in [0.717, 1.165) is 10.4 Å². The van der Waals surface area contributed by atoms with Crippen molar-refractivity contribution in [3.8, 4) is 0 Å². The number of nitrogens with one attached hydrogen (secondary N) is 1. The van der Waals surface area contributed by atoms with Gasteiger partial charge in [-0.1, -0.05) is 0 Å². The molecule has 0 aliphatic rings. The van der Waals surface area contributed by atoms with Gasteiger partial charge in [0, 0.05) is 11.1 Å². The number of carbonyl (C=O) groups excluding carboxylic acids is 1. The molecule has 0 aromatic carbocycles. The molecule has 0 saturated heterocycles. The Kier molecular flexibility index (Phi) is 2.78. The highest BCUT2D eigenvalue weighted by atomic mass is 32.1. The van der Waals surface area contributed by atoms with Crippen molar-refractivity contribution in [2.24, 2.45) is 0 Å². The zero-order valence-corrected chi connectivity index (χ0v) is 9.04. The Balaban J connectivity index is 2.15. The number of hydrogen-bond donors (Lipinski definition) is 1.